The number of hydrogen-bond donors (Lipinski definition) is 0. The van der Waals surface area contributed by atoms with Gasteiger partial charge in [0.15, 0.2) is 0 Å². The maximum absolute atomic E-state index is 2.71. The summed E-state index contributed by atoms with van der Waals surface area (Å²) in [5.74, 6) is 1.80. The number of fused-ring (bicyclic) bond motifs is 13. The van der Waals surface area contributed by atoms with Crippen LogP contribution in [0.15, 0.2) is 181 Å². The summed E-state index contributed by atoms with van der Waals surface area (Å²) in [6.45, 7) is 25.2. The monoisotopic (exact) mass is 958 g/mol. The van der Waals surface area contributed by atoms with Crippen molar-refractivity contribution in [1.82, 2.24) is 0 Å². The Hall–Kier alpha value is -6.54. The zero-order valence-electron chi connectivity index (χ0n) is 44.4. The summed E-state index contributed by atoms with van der Waals surface area (Å²) in [6.07, 6.45) is 24.2. The Morgan fingerprint density at radius 1 is 0.548 bits per heavy atom. The minimum absolute atomic E-state index is 0.00475. The van der Waals surface area contributed by atoms with Crippen molar-refractivity contribution in [1.29, 1.82) is 0 Å². The SMILES string of the molecule is CC1CC=CC2=C1C(C)(C)c1cc(-c3c4cc(C5=C6C=CC=C7c8ccccc8C(C)(C=C5)C76)ccc4c(-c4ccc5c(c4)C(C)(C)C4(C)C(C)CC=CC54)c4cc5c(cc34)[Si](C)(C)c3ccccc3-5)ccc12. The third-order valence-electron chi connectivity index (χ3n) is 21.3. The number of rotatable bonds is 3. The molecular formula is C72H66Si. The smallest absolute Gasteiger partial charge is 0.0876 e. The quantitative estimate of drug-likeness (QED) is 0.0940. The fraction of sp³-hybridized carbons (Fsp3) is 0.278. The lowest BCUT2D eigenvalue weighted by Crippen LogP contribution is -2.49. The normalized spacial score (nSPS) is 27.4. The van der Waals surface area contributed by atoms with E-state index in [2.05, 4.69) is 238 Å². The summed E-state index contributed by atoms with van der Waals surface area (Å²) in [5, 5.41) is 8.52. The van der Waals surface area contributed by atoms with Crippen LogP contribution in [-0.4, -0.2) is 8.07 Å². The van der Waals surface area contributed by atoms with Crippen LogP contribution in [0.4, 0.5) is 0 Å². The molecule has 7 aromatic carbocycles. The molecule has 0 amide bonds. The van der Waals surface area contributed by atoms with Gasteiger partial charge in [-0.1, -0.05) is 220 Å². The van der Waals surface area contributed by atoms with E-state index in [1.54, 1.807) is 15.9 Å². The molecular weight excluding hydrogens is 893 g/mol. The average Bonchev–Trinajstić information content (AvgIpc) is 3.96. The second kappa shape index (κ2) is 14.4. The van der Waals surface area contributed by atoms with E-state index in [1.807, 2.05) is 0 Å². The van der Waals surface area contributed by atoms with Crippen molar-refractivity contribution in [2.45, 2.75) is 103 Å². The summed E-state index contributed by atoms with van der Waals surface area (Å²) in [7, 11) is -2.07. The standard InChI is InChI=1S/C72H66Si/c1-41-18-15-22-52-48-31-29-44(37-61(48)69(3,4)67(41)52)66-56-36-43(46-34-35-71(7)59-25-13-11-20-47(59)53-24-17-23-51(46)68(53)71)28-32-50(56)65(57-39-55-49-21-12-14-27-63(49)73(9,10)64(55)40-58(57)66)45-30-33-54-60-26-16-19-42(2)72(60,8)70(5,6)62(54)38-45/h11-17,20-42,60,68H,18-19H2,1-10H3. The van der Waals surface area contributed by atoms with Crippen LogP contribution in [0.2, 0.25) is 13.1 Å². The maximum atomic E-state index is 2.71. The molecule has 1 aliphatic heterocycles. The first kappa shape index (κ1) is 44.0. The lowest BCUT2D eigenvalue weighted by molar-refractivity contribution is 0.0879. The molecule has 73 heavy (non-hydrogen) atoms. The van der Waals surface area contributed by atoms with E-state index in [0.29, 0.717) is 17.8 Å². The summed E-state index contributed by atoms with van der Waals surface area (Å²) in [6, 6.07) is 46.8. The van der Waals surface area contributed by atoms with Gasteiger partial charge in [0.25, 0.3) is 0 Å². The van der Waals surface area contributed by atoms with Gasteiger partial charge in [0, 0.05) is 22.7 Å². The van der Waals surface area contributed by atoms with E-state index in [-0.39, 0.29) is 27.6 Å². The molecule has 358 valence electrons. The zero-order valence-corrected chi connectivity index (χ0v) is 45.4. The number of benzene rings is 7. The lowest BCUT2D eigenvalue weighted by Gasteiger charge is -2.48. The van der Waals surface area contributed by atoms with Gasteiger partial charge in [-0.3, -0.25) is 0 Å². The van der Waals surface area contributed by atoms with Crippen LogP contribution < -0.4 is 10.4 Å². The first-order valence-corrected chi connectivity index (χ1v) is 30.5. The summed E-state index contributed by atoms with van der Waals surface area (Å²) < 4.78 is 0. The van der Waals surface area contributed by atoms with Crippen LogP contribution in [0.3, 0.4) is 0 Å². The lowest BCUT2D eigenvalue weighted by atomic mass is 9.55. The minimum atomic E-state index is -2.07. The first-order chi connectivity index (χ1) is 35.0. The van der Waals surface area contributed by atoms with E-state index in [1.165, 1.54) is 116 Å². The first-order valence-electron chi connectivity index (χ1n) is 27.5. The molecule has 7 aromatic rings. The largest absolute Gasteiger partial charge is 0.113 e. The van der Waals surface area contributed by atoms with Crippen LogP contribution in [0.25, 0.3) is 71.6 Å². The summed E-state index contributed by atoms with van der Waals surface area (Å²) in [4.78, 5) is 0. The fourth-order valence-electron chi connectivity index (χ4n) is 17.2. The van der Waals surface area contributed by atoms with Gasteiger partial charge in [0.1, 0.15) is 8.07 Å². The van der Waals surface area contributed by atoms with Crippen molar-refractivity contribution >= 4 is 56.7 Å². The van der Waals surface area contributed by atoms with Crippen molar-refractivity contribution < 1.29 is 0 Å². The Balaban J connectivity index is 1.05. The molecule has 0 spiro atoms. The fourth-order valence-corrected chi connectivity index (χ4v) is 20.3. The second-order valence-corrected chi connectivity index (χ2v) is 29.9. The molecule has 0 radical (unpaired) electrons. The molecule has 0 saturated heterocycles. The van der Waals surface area contributed by atoms with E-state index in [4.69, 9.17) is 0 Å². The van der Waals surface area contributed by atoms with Crippen LogP contribution in [0.1, 0.15) is 113 Å². The van der Waals surface area contributed by atoms with Gasteiger partial charge in [-0.05, 0) is 186 Å². The molecule has 8 aliphatic rings. The van der Waals surface area contributed by atoms with Gasteiger partial charge in [0.2, 0.25) is 0 Å². The van der Waals surface area contributed by atoms with Crippen molar-refractivity contribution in [3.05, 3.63) is 220 Å². The third kappa shape index (κ3) is 5.37. The number of allylic oxidation sites excluding steroid dienone is 14. The summed E-state index contributed by atoms with van der Waals surface area (Å²) >= 11 is 0. The Morgan fingerprint density at radius 2 is 1.26 bits per heavy atom. The molecule has 0 aromatic heterocycles. The van der Waals surface area contributed by atoms with Gasteiger partial charge in [0.05, 0.1) is 0 Å². The molecule has 0 saturated carbocycles. The van der Waals surface area contributed by atoms with Crippen LogP contribution in [-0.2, 0) is 16.2 Å². The second-order valence-electron chi connectivity index (χ2n) is 25.6. The molecule has 6 unspecified atom stereocenters. The predicted octanol–water partition coefficient (Wildman–Crippen LogP) is 17.6. The van der Waals surface area contributed by atoms with E-state index in [0.717, 1.165) is 12.8 Å². The van der Waals surface area contributed by atoms with Crippen LogP contribution >= 0.6 is 0 Å². The molecule has 7 aliphatic carbocycles. The number of hydrogen-bond acceptors (Lipinski definition) is 0. The highest BCUT2D eigenvalue weighted by molar-refractivity contribution is 7.04. The topological polar surface area (TPSA) is 0 Å². The molecule has 0 fully saturated rings. The molecule has 1 heterocycles. The van der Waals surface area contributed by atoms with E-state index >= 15 is 0 Å². The van der Waals surface area contributed by atoms with Gasteiger partial charge in [-0.25, -0.2) is 0 Å². The molecule has 0 nitrogen and oxygen atoms in total. The van der Waals surface area contributed by atoms with E-state index in [9.17, 15) is 0 Å². The zero-order chi connectivity index (χ0) is 49.9. The van der Waals surface area contributed by atoms with Crippen LogP contribution in [0.5, 0.6) is 0 Å². The van der Waals surface area contributed by atoms with E-state index < -0.39 is 8.07 Å². The molecule has 0 bridgehead atoms. The van der Waals surface area contributed by atoms with Crippen molar-refractivity contribution in [3.8, 4) is 33.4 Å². The molecule has 0 N–H and O–H groups in total. The van der Waals surface area contributed by atoms with Crippen LogP contribution in [0, 0.1) is 23.2 Å². The Labute approximate surface area is 434 Å². The Morgan fingerprint density at radius 3 is 2.10 bits per heavy atom. The van der Waals surface area contributed by atoms with Gasteiger partial charge >= 0.3 is 0 Å². The third-order valence-corrected chi connectivity index (χ3v) is 24.9. The molecule has 1 heteroatoms. The summed E-state index contributed by atoms with van der Waals surface area (Å²) in [5.41, 5.74) is 25.5. The highest BCUT2D eigenvalue weighted by Crippen LogP contribution is 2.66. The van der Waals surface area contributed by atoms with Crippen molar-refractivity contribution in [2.24, 2.45) is 23.2 Å². The Kier molecular flexibility index (Phi) is 8.67. The Bertz CT molecular complexity index is 3960. The average molecular weight is 959 g/mol. The highest BCUT2D eigenvalue weighted by Gasteiger charge is 2.57. The van der Waals surface area contributed by atoms with Gasteiger partial charge in [-0.2, -0.15) is 0 Å². The predicted molar refractivity (Wildman–Crippen MR) is 315 cm³/mol. The maximum Gasteiger partial charge on any atom is 0.113 e. The minimum Gasteiger partial charge on any atom is -0.0876 e. The van der Waals surface area contributed by atoms with Gasteiger partial charge < -0.3 is 0 Å². The van der Waals surface area contributed by atoms with Gasteiger partial charge in [-0.15, -0.1) is 0 Å². The van der Waals surface area contributed by atoms with Crippen molar-refractivity contribution in [3.63, 3.8) is 0 Å². The molecule has 6 atom stereocenters. The van der Waals surface area contributed by atoms with Crippen molar-refractivity contribution in [2.75, 3.05) is 0 Å². The molecule has 15 rings (SSSR count). The highest BCUT2D eigenvalue weighted by atomic mass is 28.3.